The first-order chi connectivity index (χ1) is 9.86. The summed E-state index contributed by atoms with van der Waals surface area (Å²) in [6.45, 7) is 8.03. The van der Waals surface area contributed by atoms with Crippen molar-refractivity contribution in [2.75, 3.05) is 19.7 Å². The fourth-order valence-electron chi connectivity index (χ4n) is 1.66. The Balaban J connectivity index is 2.66. The summed E-state index contributed by atoms with van der Waals surface area (Å²) in [6.07, 6.45) is 0. The molecule has 0 unspecified atom stereocenters. The van der Waals surface area contributed by atoms with E-state index < -0.39 is 5.97 Å². The van der Waals surface area contributed by atoms with Gasteiger partial charge in [-0.2, -0.15) is 0 Å². The van der Waals surface area contributed by atoms with Gasteiger partial charge in [0.25, 0.3) is 5.91 Å². The number of benzene rings is 1. The minimum absolute atomic E-state index is 0.117. The Labute approximate surface area is 134 Å². The van der Waals surface area contributed by atoms with Crippen LogP contribution in [0.5, 0.6) is 0 Å². The predicted octanol–water partition coefficient (Wildman–Crippen LogP) is 3.57. The smallest absolute Gasteiger partial charge is 0.340 e. The minimum Gasteiger partial charge on any atom is -0.452 e. The number of halogens is 2. The van der Waals surface area contributed by atoms with Crippen molar-refractivity contribution in [3.05, 3.63) is 46.0 Å². The monoisotopic (exact) mass is 329 g/mol. The lowest BCUT2D eigenvalue weighted by molar-refractivity contribution is -0.133. The van der Waals surface area contributed by atoms with Crippen molar-refractivity contribution in [3.8, 4) is 0 Å². The molecule has 21 heavy (non-hydrogen) atoms. The first-order valence-electron chi connectivity index (χ1n) is 6.40. The number of carbonyl (C=O) groups is 2. The van der Waals surface area contributed by atoms with Gasteiger partial charge in [-0.3, -0.25) is 4.79 Å². The van der Waals surface area contributed by atoms with Crippen LogP contribution in [0.3, 0.4) is 0 Å². The van der Waals surface area contributed by atoms with Gasteiger partial charge < -0.3 is 9.64 Å². The summed E-state index contributed by atoms with van der Waals surface area (Å²) in [5, 5.41) is 0.376. The van der Waals surface area contributed by atoms with E-state index in [0.29, 0.717) is 13.1 Å². The van der Waals surface area contributed by atoms with Crippen LogP contribution in [0, 0.1) is 0 Å². The molecule has 0 radical (unpaired) electrons. The molecule has 1 aromatic rings. The summed E-state index contributed by atoms with van der Waals surface area (Å²) in [5.74, 6) is -0.964. The molecule has 0 aromatic heterocycles. The van der Waals surface area contributed by atoms with E-state index in [9.17, 15) is 9.59 Å². The molecule has 0 N–H and O–H groups in total. The van der Waals surface area contributed by atoms with Gasteiger partial charge >= 0.3 is 5.97 Å². The number of nitrogens with zero attached hydrogens (tertiary/aromatic N) is 1. The molecule has 0 aliphatic carbocycles. The van der Waals surface area contributed by atoms with Crippen LogP contribution in [0.15, 0.2) is 30.4 Å². The number of likely N-dealkylation sites (N-methyl/N-ethyl adjacent to an activating group) is 1. The van der Waals surface area contributed by atoms with Gasteiger partial charge in [-0.25, -0.2) is 4.79 Å². The van der Waals surface area contributed by atoms with Crippen molar-refractivity contribution >= 4 is 35.1 Å². The van der Waals surface area contributed by atoms with Crippen LogP contribution >= 0.6 is 23.2 Å². The van der Waals surface area contributed by atoms with Gasteiger partial charge in [0.15, 0.2) is 6.61 Å². The van der Waals surface area contributed by atoms with Crippen molar-refractivity contribution < 1.29 is 14.3 Å². The molecule has 1 rings (SSSR count). The maximum atomic E-state index is 11.9. The summed E-state index contributed by atoms with van der Waals surface area (Å²) in [4.78, 5) is 25.4. The van der Waals surface area contributed by atoms with Crippen LogP contribution in [0.1, 0.15) is 24.2 Å². The predicted molar refractivity (Wildman–Crippen MR) is 83.8 cm³/mol. The maximum Gasteiger partial charge on any atom is 0.340 e. The Hall–Kier alpha value is -1.52. The van der Waals surface area contributed by atoms with E-state index in [1.165, 1.54) is 6.07 Å². The first kappa shape index (κ1) is 17.5. The second kappa shape index (κ2) is 8.05. The largest absolute Gasteiger partial charge is 0.452 e. The Bertz CT molecular complexity index is 558. The molecule has 4 nitrogen and oxygen atoms in total. The Morgan fingerprint density at radius 2 is 2.00 bits per heavy atom. The zero-order chi connectivity index (χ0) is 16.0. The van der Waals surface area contributed by atoms with E-state index >= 15 is 0 Å². The van der Waals surface area contributed by atoms with E-state index in [4.69, 9.17) is 27.9 Å². The lowest BCUT2D eigenvalue weighted by Gasteiger charge is -2.20. The molecule has 0 aliphatic heterocycles. The van der Waals surface area contributed by atoms with Crippen LogP contribution in [0.25, 0.3) is 0 Å². The minimum atomic E-state index is -0.678. The van der Waals surface area contributed by atoms with Gasteiger partial charge in [-0.05, 0) is 26.0 Å². The van der Waals surface area contributed by atoms with E-state index in [-0.39, 0.29) is 28.1 Å². The van der Waals surface area contributed by atoms with Crippen LogP contribution < -0.4 is 0 Å². The first-order valence-corrected chi connectivity index (χ1v) is 7.15. The van der Waals surface area contributed by atoms with Gasteiger partial charge in [-0.1, -0.05) is 41.4 Å². The highest BCUT2D eigenvalue weighted by atomic mass is 35.5. The molecule has 1 amide bonds. The molecule has 0 bridgehead atoms. The molecule has 0 atom stereocenters. The standard InChI is InChI=1S/C15H17Cl2NO3/c1-4-18(8-10(2)3)13(19)9-21-15(20)11-6-5-7-12(16)14(11)17/h5-7H,2,4,8-9H2,1,3H3. The molecule has 0 saturated carbocycles. The summed E-state index contributed by atoms with van der Waals surface area (Å²) in [7, 11) is 0. The average Bonchev–Trinajstić information content (AvgIpc) is 2.44. The molecular formula is C15H17Cl2NO3. The van der Waals surface area contributed by atoms with E-state index in [1.807, 2.05) is 13.8 Å². The second-order valence-electron chi connectivity index (χ2n) is 4.54. The zero-order valence-corrected chi connectivity index (χ0v) is 13.5. The quantitative estimate of drug-likeness (QED) is 0.592. The van der Waals surface area contributed by atoms with Crippen molar-refractivity contribution in [1.82, 2.24) is 4.90 Å². The summed E-state index contributed by atoms with van der Waals surface area (Å²) >= 11 is 11.7. The van der Waals surface area contributed by atoms with Crippen molar-refractivity contribution in [2.24, 2.45) is 0 Å². The second-order valence-corrected chi connectivity index (χ2v) is 5.33. The van der Waals surface area contributed by atoms with E-state index in [2.05, 4.69) is 6.58 Å². The molecule has 1 aromatic carbocycles. The topological polar surface area (TPSA) is 46.6 Å². The number of carbonyl (C=O) groups excluding carboxylic acids is 2. The maximum absolute atomic E-state index is 11.9. The molecule has 6 heteroatoms. The third-order valence-electron chi connectivity index (χ3n) is 2.69. The van der Waals surface area contributed by atoms with Crippen molar-refractivity contribution in [1.29, 1.82) is 0 Å². The summed E-state index contributed by atoms with van der Waals surface area (Å²) < 4.78 is 4.99. The number of rotatable bonds is 6. The SMILES string of the molecule is C=C(C)CN(CC)C(=O)COC(=O)c1cccc(Cl)c1Cl. The fourth-order valence-corrected chi connectivity index (χ4v) is 2.04. The molecule has 0 saturated heterocycles. The molecule has 114 valence electrons. The normalized spacial score (nSPS) is 10.1. The van der Waals surface area contributed by atoms with Gasteiger partial charge in [-0.15, -0.1) is 0 Å². The third-order valence-corrected chi connectivity index (χ3v) is 3.51. The van der Waals surface area contributed by atoms with E-state index in [0.717, 1.165) is 5.57 Å². The Kier molecular flexibility index (Phi) is 6.72. The number of amides is 1. The molecule has 0 spiro atoms. The number of hydrogen-bond donors (Lipinski definition) is 0. The van der Waals surface area contributed by atoms with Crippen LogP contribution in [0.2, 0.25) is 10.0 Å². The lowest BCUT2D eigenvalue weighted by Crippen LogP contribution is -2.35. The molecule has 0 fully saturated rings. The van der Waals surface area contributed by atoms with E-state index in [1.54, 1.807) is 17.0 Å². The van der Waals surface area contributed by atoms with Gasteiger partial charge in [0.2, 0.25) is 0 Å². The Morgan fingerprint density at radius 3 is 2.57 bits per heavy atom. The van der Waals surface area contributed by atoms with Crippen molar-refractivity contribution in [2.45, 2.75) is 13.8 Å². The van der Waals surface area contributed by atoms with Crippen LogP contribution in [-0.4, -0.2) is 36.5 Å². The highest BCUT2D eigenvalue weighted by molar-refractivity contribution is 6.43. The number of esters is 1. The van der Waals surface area contributed by atoms with Gasteiger partial charge in [0, 0.05) is 13.1 Å². The average molecular weight is 330 g/mol. The molecule has 0 heterocycles. The van der Waals surface area contributed by atoms with Crippen molar-refractivity contribution in [3.63, 3.8) is 0 Å². The lowest BCUT2D eigenvalue weighted by atomic mass is 10.2. The fraction of sp³-hybridized carbons (Fsp3) is 0.333. The summed E-state index contributed by atoms with van der Waals surface area (Å²) in [5.41, 5.74) is 0.995. The van der Waals surface area contributed by atoms with Gasteiger partial charge in [0.1, 0.15) is 0 Å². The number of ether oxygens (including phenoxy) is 1. The molecular weight excluding hydrogens is 313 g/mol. The van der Waals surface area contributed by atoms with Gasteiger partial charge in [0.05, 0.1) is 15.6 Å². The van der Waals surface area contributed by atoms with Crippen LogP contribution in [-0.2, 0) is 9.53 Å². The van der Waals surface area contributed by atoms with Crippen LogP contribution in [0.4, 0.5) is 0 Å². The Morgan fingerprint density at radius 1 is 1.33 bits per heavy atom. The highest BCUT2D eigenvalue weighted by Gasteiger charge is 2.18. The third kappa shape index (κ3) is 5.06. The molecule has 0 aliphatic rings. The highest BCUT2D eigenvalue weighted by Crippen LogP contribution is 2.25. The zero-order valence-electron chi connectivity index (χ0n) is 12.0. The number of hydrogen-bond acceptors (Lipinski definition) is 3. The summed E-state index contributed by atoms with van der Waals surface area (Å²) in [6, 6.07) is 4.65.